The van der Waals surface area contributed by atoms with Crippen LogP contribution in [0.3, 0.4) is 0 Å². The zero-order chi connectivity index (χ0) is 35.7. The number of hydrogen-bond acceptors (Lipinski definition) is 6. The average Bonchev–Trinajstić information content (AvgIpc) is 3.47. The molecular weight excluding hydrogens is 700 g/mol. The minimum Gasteiger partial charge on any atom is -0.545 e. The smallest absolute Gasteiger partial charge is 0.250 e. The van der Waals surface area contributed by atoms with Crippen LogP contribution < -0.4 is 0 Å². The van der Waals surface area contributed by atoms with E-state index in [0.29, 0.717) is 26.1 Å². The van der Waals surface area contributed by atoms with Crippen LogP contribution in [0.4, 0.5) is 0 Å². The maximum atomic E-state index is 7.75. The van der Waals surface area contributed by atoms with Crippen molar-refractivity contribution in [3.63, 3.8) is 0 Å². The van der Waals surface area contributed by atoms with Crippen LogP contribution in [0.25, 0.3) is 0 Å². The van der Waals surface area contributed by atoms with Crippen LogP contribution in [0.1, 0.15) is 73.8 Å². The van der Waals surface area contributed by atoms with Crippen molar-refractivity contribution in [1.29, 1.82) is 0 Å². The van der Waals surface area contributed by atoms with Crippen LogP contribution in [0.15, 0.2) is 67.0 Å². The highest BCUT2D eigenvalue weighted by molar-refractivity contribution is 9.09. The molecule has 6 nitrogen and oxygen atoms in total. The van der Waals surface area contributed by atoms with Crippen molar-refractivity contribution in [1.82, 2.24) is 0 Å². The largest absolute Gasteiger partial charge is 0.545 e. The Bertz CT molecular complexity index is 1400. The summed E-state index contributed by atoms with van der Waals surface area (Å²) < 4.78 is 42.9. The minimum absolute atomic E-state index is 0.00547. The molecule has 0 aromatic heterocycles. The van der Waals surface area contributed by atoms with Crippen molar-refractivity contribution in [2.75, 3.05) is 6.61 Å². The summed E-state index contributed by atoms with van der Waals surface area (Å²) in [6.45, 7) is 36.6. The van der Waals surface area contributed by atoms with E-state index in [2.05, 4.69) is 121 Å². The Balaban J connectivity index is 1.73. The van der Waals surface area contributed by atoms with Gasteiger partial charge in [-0.25, -0.2) is 0 Å². The van der Waals surface area contributed by atoms with Crippen molar-refractivity contribution < 1.29 is 27.8 Å². The molecular formula is C39H61BrO6Si2. The summed E-state index contributed by atoms with van der Waals surface area (Å²) in [5.74, 6) is -0.104. The van der Waals surface area contributed by atoms with E-state index in [0.717, 1.165) is 16.9 Å². The molecule has 1 saturated carbocycles. The number of hydrogen-bond donors (Lipinski definition) is 0. The van der Waals surface area contributed by atoms with Gasteiger partial charge in [0.2, 0.25) is 8.32 Å². The molecule has 0 amide bonds. The fourth-order valence-electron chi connectivity index (χ4n) is 7.61. The summed E-state index contributed by atoms with van der Waals surface area (Å²) >= 11 is 4.25. The number of alkyl halides is 1. The third kappa shape index (κ3) is 6.46. The summed E-state index contributed by atoms with van der Waals surface area (Å²) in [7, 11) is -4.45. The average molecular weight is 762 g/mol. The van der Waals surface area contributed by atoms with E-state index < -0.39 is 33.6 Å². The molecule has 3 fully saturated rings. The number of fused-ring (bicyclic) bond motifs is 2. The van der Waals surface area contributed by atoms with Gasteiger partial charge in [0.1, 0.15) is 22.1 Å². The molecule has 4 aliphatic rings. The zero-order valence-electron chi connectivity index (χ0n) is 31.6. The van der Waals surface area contributed by atoms with Crippen LogP contribution in [0, 0.1) is 11.8 Å². The fourth-order valence-corrected chi connectivity index (χ4v) is 10.7. The van der Waals surface area contributed by atoms with Crippen LogP contribution in [0.2, 0.25) is 36.3 Å². The Hall–Kier alpha value is -1.05. The van der Waals surface area contributed by atoms with E-state index in [1.54, 1.807) is 0 Å². The monoisotopic (exact) mass is 760 g/mol. The van der Waals surface area contributed by atoms with Gasteiger partial charge in [0.05, 0.1) is 31.2 Å². The van der Waals surface area contributed by atoms with E-state index in [4.69, 9.17) is 27.8 Å². The van der Waals surface area contributed by atoms with E-state index in [9.17, 15) is 0 Å². The number of allylic oxidation sites excluding steroid dienone is 1. The first-order valence-corrected chi connectivity index (χ1v) is 24.4. The Labute approximate surface area is 301 Å². The van der Waals surface area contributed by atoms with E-state index in [1.807, 2.05) is 32.1 Å². The van der Waals surface area contributed by atoms with Crippen molar-refractivity contribution in [2.24, 2.45) is 11.8 Å². The number of halogens is 1. The molecule has 48 heavy (non-hydrogen) atoms. The molecule has 2 saturated heterocycles. The molecule has 8 atom stereocenters. The molecule has 0 N–H and O–H groups in total. The molecule has 3 aliphatic heterocycles. The zero-order valence-corrected chi connectivity index (χ0v) is 35.2. The lowest BCUT2D eigenvalue weighted by Gasteiger charge is -2.55. The molecule has 0 unspecified atom stereocenters. The van der Waals surface area contributed by atoms with Crippen molar-refractivity contribution in [2.45, 2.75) is 151 Å². The maximum Gasteiger partial charge on any atom is 0.250 e. The summed E-state index contributed by atoms with van der Waals surface area (Å²) in [5.41, 5.74) is 0.694. The van der Waals surface area contributed by atoms with E-state index >= 15 is 0 Å². The van der Waals surface area contributed by atoms with Gasteiger partial charge in [-0.1, -0.05) is 100.0 Å². The van der Waals surface area contributed by atoms with Gasteiger partial charge in [-0.15, -0.1) is 13.2 Å². The molecule has 1 aromatic carbocycles. The second-order valence-electron chi connectivity index (χ2n) is 18.0. The van der Waals surface area contributed by atoms with Crippen LogP contribution in [-0.2, 0) is 34.4 Å². The molecule has 3 heterocycles. The van der Waals surface area contributed by atoms with Gasteiger partial charge in [0.15, 0.2) is 14.1 Å². The minimum atomic E-state index is -2.30. The highest BCUT2D eigenvalue weighted by Crippen LogP contribution is 2.66. The van der Waals surface area contributed by atoms with Crippen LogP contribution >= 0.6 is 15.9 Å². The third-order valence-electron chi connectivity index (χ3n) is 12.2. The first kappa shape index (κ1) is 38.2. The number of ether oxygens (including phenoxy) is 4. The molecule has 2 bridgehead atoms. The van der Waals surface area contributed by atoms with Crippen molar-refractivity contribution in [3.05, 3.63) is 72.5 Å². The lowest BCUT2D eigenvalue weighted by Crippen LogP contribution is -2.65. The Morgan fingerprint density at radius 3 is 2.10 bits per heavy atom. The second-order valence-corrected chi connectivity index (χ2v) is 28.4. The number of benzene rings is 1. The van der Waals surface area contributed by atoms with Gasteiger partial charge in [0.25, 0.3) is 0 Å². The molecule has 1 spiro atoms. The molecule has 1 aromatic rings. The molecule has 1 aliphatic carbocycles. The Morgan fingerprint density at radius 2 is 1.54 bits per heavy atom. The lowest BCUT2D eigenvalue weighted by molar-refractivity contribution is -0.202. The summed E-state index contributed by atoms with van der Waals surface area (Å²) in [4.78, 5) is -0.228. The topological polar surface area (TPSA) is 55.4 Å². The van der Waals surface area contributed by atoms with Gasteiger partial charge in [-0.05, 0) is 68.5 Å². The quantitative estimate of drug-likeness (QED) is 0.127. The maximum absolute atomic E-state index is 7.75. The molecule has 268 valence electrons. The van der Waals surface area contributed by atoms with Crippen LogP contribution in [-0.4, -0.2) is 63.4 Å². The molecule has 9 heteroatoms. The summed E-state index contributed by atoms with van der Waals surface area (Å²) in [6.07, 6.45) is 4.40. The van der Waals surface area contributed by atoms with Gasteiger partial charge in [0, 0.05) is 17.4 Å². The Kier molecular flexibility index (Phi) is 10.2. The molecule has 0 radical (unpaired) electrons. The van der Waals surface area contributed by atoms with Gasteiger partial charge in [-0.3, -0.25) is 0 Å². The van der Waals surface area contributed by atoms with Crippen molar-refractivity contribution >= 4 is 32.6 Å². The summed E-state index contributed by atoms with van der Waals surface area (Å²) in [5, 5.41) is 0.0389. The predicted molar refractivity (Wildman–Crippen MR) is 203 cm³/mol. The van der Waals surface area contributed by atoms with Crippen molar-refractivity contribution in [3.8, 4) is 0 Å². The normalized spacial score (nSPS) is 34.9. The van der Waals surface area contributed by atoms with Gasteiger partial charge < -0.3 is 27.8 Å². The van der Waals surface area contributed by atoms with E-state index in [-0.39, 0.29) is 45.1 Å². The predicted octanol–water partition coefficient (Wildman–Crippen LogP) is 10.1. The molecule has 5 rings (SSSR count). The van der Waals surface area contributed by atoms with E-state index in [1.165, 1.54) is 0 Å². The van der Waals surface area contributed by atoms with Crippen LogP contribution in [0.5, 0.6) is 0 Å². The third-order valence-corrected chi connectivity index (χ3v) is 22.3. The fraction of sp³-hybridized carbons (Fsp3) is 0.692. The summed E-state index contributed by atoms with van der Waals surface area (Å²) in [6, 6.07) is 10.4. The number of rotatable bonds is 11. The van der Waals surface area contributed by atoms with Gasteiger partial charge >= 0.3 is 0 Å². The lowest BCUT2D eigenvalue weighted by atomic mass is 9.61. The van der Waals surface area contributed by atoms with Gasteiger partial charge in [-0.2, -0.15) is 0 Å². The highest BCUT2D eigenvalue weighted by atomic mass is 79.9. The standard InChI is InChI=1S/C39H61BrO6Si2/c1-15-20-28-32(45-48(13,14)36(6,7)8)34(40)38(25-42-47(11,12)35(3,4)5)23-29-30(41-24-26-21-18-17-19-22-26)33-31(43-37(9,10)44-33)27(16-2)39(28,29)46-38/h15-19,21-22,27,29-31,33-34H,1-2,20,23-25H2,3-14H3/t27-,29+,30-,31-,33-,34+,38-,39+/m1/s1. The SMILES string of the molecule is C=CCC1=C(O[Si](C)(C)C(C)(C)C)[C@H](Br)[C@]2(CO[Si](C)(C)C(C)(C)C)C[C@H]3[C@@H](OCc4ccccc4)[C@H]4OC(C)(C)O[C@@H]4[C@@H](C=C)[C@]13O2. The second kappa shape index (κ2) is 12.9. The Morgan fingerprint density at radius 1 is 0.938 bits per heavy atom. The highest BCUT2D eigenvalue weighted by Gasteiger charge is 2.75. The first-order chi connectivity index (χ1) is 22.1. The first-order valence-electron chi connectivity index (χ1n) is 17.7.